The molecule has 3 N–H and O–H groups in total. The van der Waals surface area contributed by atoms with E-state index < -0.39 is 0 Å². The summed E-state index contributed by atoms with van der Waals surface area (Å²) in [5, 5.41) is 8.34. The summed E-state index contributed by atoms with van der Waals surface area (Å²) in [4.78, 5) is 35.8. The second kappa shape index (κ2) is 11.4. The molecule has 1 amide bonds. The number of aromatic nitrogens is 7. The first-order valence-corrected chi connectivity index (χ1v) is 15.5. The standard InChI is InChI=1S/C31H29ClFN11O2/c32-24-23-27(39-31(34)44-28(23)38-26(40-44)21-3-1-2-8-35-21)43(25(24)29(45)37-19-5-6-19)15-12-41-10-13-42(14-11-41)22-17-18(4-7-20(22)33)30-36-9-16-46-30/h1-4,7-9,16-17,19H,5-6,10-15H2,(H2,34,39)(H,37,45). The molecule has 0 radical (unpaired) electrons. The van der Waals surface area contributed by atoms with Crippen LogP contribution in [0.25, 0.3) is 39.7 Å². The summed E-state index contributed by atoms with van der Waals surface area (Å²) < 4.78 is 23.5. The molecule has 6 aromatic rings. The summed E-state index contributed by atoms with van der Waals surface area (Å²) in [5.74, 6) is 0.375. The van der Waals surface area contributed by atoms with Gasteiger partial charge in [0.05, 0.1) is 22.3 Å². The number of anilines is 2. The molecule has 8 rings (SSSR count). The van der Waals surface area contributed by atoms with Gasteiger partial charge in [0.1, 0.15) is 29.1 Å². The zero-order valence-electron chi connectivity index (χ0n) is 24.6. The van der Waals surface area contributed by atoms with Crippen molar-refractivity contribution in [3.05, 3.63) is 71.6 Å². The molecule has 6 heterocycles. The number of nitrogens with two attached hydrogens (primary N) is 1. The average Bonchev–Trinajstić information content (AvgIpc) is 3.43. The monoisotopic (exact) mass is 641 g/mol. The molecule has 1 aromatic carbocycles. The minimum absolute atomic E-state index is 0.115. The third-order valence-corrected chi connectivity index (χ3v) is 8.81. The van der Waals surface area contributed by atoms with Crippen LogP contribution < -0.4 is 16.0 Å². The van der Waals surface area contributed by atoms with Crippen molar-refractivity contribution in [2.45, 2.75) is 25.4 Å². The van der Waals surface area contributed by atoms with Gasteiger partial charge in [0, 0.05) is 57.1 Å². The van der Waals surface area contributed by atoms with Crippen LogP contribution >= 0.6 is 11.6 Å². The molecule has 2 fully saturated rings. The van der Waals surface area contributed by atoms with Gasteiger partial charge in [0.2, 0.25) is 17.7 Å². The lowest BCUT2D eigenvalue weighted by Gasteiger charge is -2.36. The lowest BCUT2D eigenvalue weighted by Crippen LogP contribution is -2.47. The molecule has 0 bridgehead atoms. The van der Waals surface area contributed by atoms with E-state index in [4.69, 9.17) is 26.7 Å². The highest BCUT2D eigenvalue weighted by atomic mass is 35.5. The summed E-state index contributed by atoms with van der Waals surface area (Å²) >= 11 is 6.99. The van der Waals surface area contributed by atoms with Crippen LogP contribution in [-0.2, 0) is 6.54 Å². The summed E-state index contributed by atoms with van der Waals surface area (Å²) in [6, 6.07) is 10.5. The number of fused-ring (bicyclic) bond motifs is 3. The van der Waals surface area contributed by atoms with Crippen LogP contribution in [0.15, 0.2) is 59.5 Å². The normalized spacial score (nSPS) is 15.7. The SMILES string of the molecule is Nc1nc2c(c(Cl)c(C(=O)NC3CC3)n2CCN2CCN(c3cc(-c4ncco4)ccc3F)CC2)c2nc(-c3ccccn3)nn12. The van der Waals surface area contributed by atoms with E-state index in [0.29, 0.717) is 84.7 Å². The van der Waals surface area contributed by atoms with Crippen molar-refractivity contribution in [1.82, 2.24) is 44.3 Å². The Morgan fingerprint density at radius 3 is 2.63 bits per heavy atom. The number of hydrogen-bond donors (Lipinski definition) is 2. The molecular formula is C31H29ClFN11O2. The molecular weight excluding hydrogens is 613 g/mol. The summed E-state index contributed by atoms with van der Waals surface area (Å²) in [6.07, 6.45) is 6.59. The molecule has 13 nitrogen and oxygen atoms in total. The van der Waals surface area contributed by atoms with E-state index in [1.807, 2.05) is 21.6 Å². The largest absolute Gasteiger partial charge is 0.445 e. The van der Waals surface area contributed by atoms with E-state index in [1.54, 1.807) is 30.6 Å². The Hall–Kier alpha value is -5.08. The van der Waals surface area contributed by atoms with Crippen molar-refractivity contribution < 1.29 is 13.6 Å². The number of hydrogen-bond acceptors (Lipinski definition) is 10. The fourth-order valence-electron chi connectivity index (χ4n) is 5.91. The first kappa shape index (κ1) is 28.4. The van der Waals surface area contributed by atoms with Crippen LogP contribution in [0.4, 0.5) is 16.0 Å². The van der Waals surface area contributed by atoms with Gasteiger partial charge in [-0.05, 0) is 43.2 Å². The first-order chi connectivity index (χ1) is 22.4. The quantitative estimate of drug-likeness (QED) is 0.251. The lowest BCUT2D eigenvalue weighted by molar-refractivity contribution is 0.0941. The first-order valence-electron chi connectivity index (χ1n) is 15.1. The molecule has 1 saturated carbocycles. The Bertz CT molecular complexity index is 2070. The number of benzene rings is 1. The van der Waals surface area contributed by atoms with Gasteiger partial charge in [-0.25, -0.2) is 14.4 Å². The van der Waals surface area contributed by atoms with Crippen molar-refractivity contribution >= 4 is 45.8 Å². The van der Waals surface area contributed by atoms with Gasteiger partial charge in [-0.15, -0.1) is 5.10 Å². The molecule has 1 aliphatic carbocycles. The van der Waals surface area contributed by atoms with Crippen LogP contribution in [0.1, 0.15) is 23.3 Å². The van der Waals surface area contributed by atoms with Gasteiger partial charge in [0.25, 0.3) is 5.91 Å². The highest BCUT2D eigenvalue weighted by molar-refractivity contribution is 6.40. The predicted molar refractivity (Wildman–Crippen MR) is 170 cm³/mol. The Balaban J connectivity index is 1.07. The molecule has 1 aliphatic heterocycles. The Labute approximate surface area is 266 Å². The predicted octanol–water partition coefficient (Wildman–Crippen LogP) is 3.89. The third kappa shape index (κ3) is 5.08. The van der Waals surface area contributed by atoms with E-state index in [1.165, 1.54) is 16.8 Å². The zero-order valence-corrected chi connectivity index (χ0v) is 25.4. The number of carbonyl (C=O) groups excluding carboxylic acids is 1. The maximum atomic E-state index is 14.9. The van der Waals surface area contributed by atoms with Crippen LogP contribution in [0.2, 0.25) is 5.02 Å². The smallest absolute Gasteiger partial charge is 0.269 e. The number of oxazole rings is 1. The second-order valence-electron chi connectivity index (χ2n) is 11.4. The van der Waals surface area contributed by atoms with E-state index in [0.717, 1.165) is 18.4 Å². The number of amides is 1. The van der Waals surface area contributed by atoms with Gasteiger partial charge in [-0.3, -0.25) is 14.7 Å². The van der Waals surface area contributed by atoms with E-state index in [9.17, 15) is 9.18 Å². The average molecular weight is 642 g/mol. The fraction of sp³-hybridized carbons (Fsp3) is 0.290. The zero-order chi connectivity index (χ0) is 31.4. The topological polar surface area (TPSA) is 149 Å². The number of rotatable bonds is 8. The molecule has 0 spiro atoms. The van der Waals surface area contributed by atoms with E-state index in [-0.39, 0.29) is 28.7 Å². The van der Waals surface area contributed by atoms with Gasteiger partial charge < -0.3 is 24.9 Å². The van der Waals surface area contributed by atoms with Crippen LogP contribution in [0, 0.1) is 5.82 Å². The summed E-state index contributed by atoms with van der Waals surface area (Å²) in [7, 11) is 0. The number of piperazine rings is 1. The molecule has 0 atom stereocenters. The van der Waals surface area contributed by atoms with Crippen molar-refractivity contribution in [1.29, 1.82) is 0 Å². The van der Waals surface area contributed by atoms with Crippen LogP contribution in [-0.4, -0.2) is 83.7 Å². The molecule has 0 unspecified atom stereocenters. The van der Waals surface area contributed by atoms with Crippen molar-refractivity contribution in [2.24, 2.45) is 0 Å². The Kier molecular flexibility index (Phi) is 7.02. The summed E-state index contributed by atoms with van der Waals surface area (Å²) in [5.41, 5.74) is 9.37. The maximum absolute atomic E-state index is 14.9. The van der Waals surface area contributed by atoms with E-state index in [2.05, 4.69) is 30.3 Å². The van der Waals surface area contributed by atoms with Gasteiger partial charge in [0.15, 0.2) is 5.65 Å². The van der Waals surface area contributed by atoms with Crippen LogP contribution in [0.5, 0.6) is 0 Å². The van der Waals surface area contributed by atoms with Crippen molar-refractivity contribution in [2.75, 3.05) is 43.4 Å². The number of nitrogen functional groups attached to an aromatic ring is 1. The highest BCUT2D eigenvalue weighted by Crippen LogP contribution is 2.35. The molecule has 2 aliphatic rings. The number of pyridine rings is 1. The number of nitrogens with one attached hydrogen (secondary N) is 1. The number of halogens is 2. The second-order valence-corrected chi connectivity index (χ2v) is 11.8. The van der Waals surface area contributed by atoms with Crippen LogP contribution in [0.3, 0.4) is 0 Å². The Morgan fingerprint density at radius 2 is 1.89 bits per heavy atom. The summed E-state index contributed by atoms with van der Waals surface area (Å²) in [6.45, 7) is 3.66. The third-order valence-electron chi connectivity index (χ3n) is 8.44. The van der Waals surface area contributed by atoms with Crippen molar-refractivity contribution in [3.8, 4) is 23.0 Å². The minimum Gasteiger partial charge on any atom is -0.445 e. The van der Waals surface area contributed by atoms with Crippen molar-refractivity contribution in [3.63, 3.8) is 0 Å². The Morgan fingerprint density at radius 1 is 1.04 bits per heavy atom. The number of nitrogens with zero attached hydrogens (tertiary/aromatic N) is 9. The maximum Gasteiger partial charge on any atom is 0.269 e. The molecule has 234 valence electrons. The van der Waals surface area contributed by atoms with Gasteiger partial charge in [-0.2, -0.15) is 9.50 Å². The van der Waals surface area contributed by atoms with Gasteiger partial charge >= 0.3 is 0 Å². The lowest BCUT2D eigenvalue weighted by atomic mass is 10.1. The molecule has 46 heavy (non-hydrogen) atoms. The fourth-order valence-corrected chi connectivity index (χ4v) is 6.27. The minimum atomic E-state index is -0.293. The van der Waals surface area contributed by atoms with Gasteiger partial charge in [-0.1, -0.05) is 17.7 Å². The highest BCUT2D eigenvalue weighted by Gasteiger charge is 2.31. The molecule has 1 saturated heterocycles. The molecule has 15 heteroatoms. The molecule has 5 aromatic heterocycles. The number of carbonyl (C=O) groups is 1. The van der Waals surface area contributed by atoms with E-state index >= 15 is 0 Å².